The highest BCUT2D eigenvalue weighted by atomic mass is 16.6. The fourth-order valence-corrected chi connectivity index (χ4v) is 3.11. The molecule has 2 amide bonds. The van der Waals surface area contributed by atoms with Crippen LogP contribution in [-0.2, 0) is 11.5 Å². The lowest BCUT2D eigenvalue weighted by Crippen LogP contribution is -2.50. The minimum Gasteiger partial charge on any atom is -0.471 e. The van der Waals surface area contributed by atoms with E-state index in [1.165, 1.54) is 5.56 Å². The van der Waals surface area contributed by atoms with Gasteiger partial charge < -0.3 is 19.3 Å². The van der Waals surface area contributed by atoms with Crippen LogP contribution >= 0.6 is 0 Å². The van der Waals surface area contributed by atoms with Crippen molar-refractivity contribution in [1.29, 1.82) is 0 Å². The normalized spacial score (nSPS) is 14.2. The first-order valence-electron chi connectivity index (χ1n) is 9.95. The van der Waals surface area contributed by atoms with Crippen molar-refractivity contribution in [1.82, 2.24) is 19.6 Å². The molecule has 0 saturated carbocycles. The van der Waals surface area contributed by atoms with Crippen molar-refractivity contribution in [3.8, 4) is 5.75 Å². The number of carbonyl (C=O) groups is 2. The molecule has 0 unspecified atom stereocenters. The summed E-state index contributed by atoms with van der Waals surface area (Å²) < 4.78 is 12.3. The Hall–Kier alpha value is -3.03. The third-order valence-electron chi connectivity index (χ3n) is 4.86. The summed E-state index contributed by atoms with van der Waals surface area (Å²) in [5.74, 6) is 1.09. The van der Waals surface area contributed by atoms with E-state index in [1.54, 1.807) is 33.7 Å². The van der Waals surface area contributed by atoms with Crippen LogP contribution in [0.2, 0.25) is 0 Å². The summed E-state index contributed by atoms with van der Waals surface area (Å²) in [5, 5.41) is 4.33. The summed E-state index contributed by atoms with van der Waals surface area (Å²) in [7, 11) is 0. The Morgan fingerprint density at radius 1 is 1.03 bits per heavy atom. The van der Waals surface area contributed by atoms with E-state index < -0.39 is 0 Å². The third-order valence-corrected chi connectivity index (χ3v) is 4.86. The Labute approximate surface area is 171 Å². The molecular weight excluding hydrogens is 372 g/mol. The van der Waals surface area contributed by atoms with Crippen LogP contribution in [0.3, 0.4) is 0 Å². The van der Waals surface area contributed by atoms with E-state index >= 15 is 0 Å². The molecule has 1 aromatic carbocycles. The number of aromatic nitrogens is 2. The molecule has 0 N–H and O–H groups in total. The highest BCUT2D eigenvalue weighted by Gasteiger charge is 2.26. The van der Waals surface area contributed by atoms with E-state index in [2.05, 4.69) is 18.9 Å². The molecule has 0 radical (unpaired) electrons. The topological polar surface area (TPSA) is 76.9 Å². The van der Waals surface area contributed by atoms with Crippen LogP contribution in [0.5, 0.6) is 5.75 Å². The first kappa shape index (κ1) is 20.7. The molecule has 1 saturated heterocycles. The van der Waals surface area contributed by atoms with E-state index in [0.29, 0.717) is 44.4 Å². The smallest absolute Gasteiger partial charge is 0.409 e. The van der Waals surface area contributed by atoms with Crippen LogP contribution in [0.1, 0.15) is 42.7 Å². The van der Waals surface area contributed by atoms with Gasteiger partial charge in [-0.05, 0) is 36.6 Å². The lowest BCUT2D eigenvalue weighted by molar-refractivity contribution is 0.0564. The molecule has 1 aliphatic heterocycles. The number of ether oxygens (including phenoxy) is 2. The molecule has 1 fully saturated rings. The van der Waals surface area contributed by atoms with Gasteiger partial charge >= 0.3 is 6.09 Å². The van der Waals surface area contributed by atoms with E-state index in [1.807, 2.05) is 24.3 Å². The van der Waals surface area contributed by atoms with Gasteiger partial charge in [0.15, 0.2) is 12.4 Å². The Bertz CT molecular complexity index is 823. The molecule has 0 atom stereocenters. The van der Waals surface area contributed by atoms with E-state index in [4.69, 9.17) is 9.47 Å². The van der Waals surface area contributed by atoms with Crippen LogP contribution in [0.4, 0.5) is 4.79 Å². The van der Waals surface area contributed by atoms with Crippen LogP contribution in [0.25, 0.3) is 0 Å². The highest BCUT2D eigenvalue weighted by molar-refractivity contribution is 5.92. The lowest BCUT2D eigenvalue weighted by Gasteiger charge is -2.33. The number of hydrogen-bond donors (Lipinski definition) is 0. The maximum absolute atomic E-state index is 12.7. The number of rotatable bonds is 6. The molecule has 0 aliphatic carbocycles. The maximum Gasteiger partial charge on any atom is 0.409 e. The quantitative estimate of drug-likeness (QED) is 0.745. The second-order valence-electron chi connectivity index (χ2n) is 7.22. The van der Waals surface area contributed by atoms with Crippen molar-refractivity contribution in [3.63, 3.8) is 0 Å². The van der Waals surface area contributed by atoms with Gasteiger partial charge in [0.2, 0.25) is 0 Å². The summed E-state index contributed by atoms with van der Waals surface area (Å²) in [5.41, 5.74) is 1.63. The number of nitrogens with zero attached hydrogens (tertiary/aromatic N) is 4. The van der Waals surface area contributed by atoms with E-state index in [0.717, 1.165) is 5.75 Å². The largest absolute Gasteiger partial charge is 0.471 e. The molecule has 0 bridgehead atoms. The minimum atomic E-state index is -0.331. The molecule has 8 heteroatoms. The van der Waals surface area contributed by atoms with Crippen molar-refractivity contribution in [2.24, 2.45) is 0 Å². The van der Waals surface area contributed by atoms with Gasteiger partial charge in [0, 0.05) is 32.4 Å². The van der Waals surface area contributed by atoms with Crippen LogP contribution in [-0.4, -0.2) is 64.4 Å². The summed E-state index contributed by atoms with van der Waals surface area (Å²) in [6.07, 6.45) is 1.40. The summed E-state index contributed by atoms with van der Waals surface area (Å²) >= 11 is 0. The predicted molar refractivity (Wildman–Crippen MR) is 108 cm³/mol. The molecule has 1 aromatic heterocycles. The molecule has 156 valence electrons. The van der Waals surface area contributed by atoms with Crippen molar-refractivity contribution in [3.05, 3.63) is 47.8 Å². The monoisotopic (exact) mass is 400 g/mol. The van der Waals surface area contributed by atoms with Gasteiger partial charge in [0.05, 0.1) is 6.61 Å². The van der Waals surface area contributed by atoms with Crippen molar-refractivity contribution in [2.75, 3.05) is 32.8 Å². The second-order valence-corrected chi connectivity index (χ2v) is 7.22. The van der Waals surface area contributed by atoms with Gasteiger partial charge in [-0.1, -0.05) is 26.0 Å². The van der Waals surface area contributed by atoms with Gasteiger partial charge in [0.25, 0.3) is 5.91 Å². The van der Waals surface area contributed by atoms with Crippen molar-refractivity contribution < 1.29 is 19.1 Å². The first-order valence-corrected chi connectivity index (χ1v) is 9.95. The number of amides is 2. The molecule has 29 heavy (non-hydrogen) atoms. The van der Waals surface area contributed by atoms with Crippen LogP contribution in [0.15, 0.2) is 36.5 Å². The van der Waals surface area contributed by atoms with Crippen LogP contribution in [0, 0.1) is 0 Å². The predicted octanol–water partition coefficient (Wildman–Crippen LogP) is 2.96. The minimum absolute atomic E-state index is 0.145. The summed E-state index contributed by atoms with van der Waals surface area (Å²) in [6, 6.07) is 9.66. The molecule has 1 aliphatic rings. The fourth-order valence-electron chi connectivity index (χ4n) is 3.11. The summed E-state index contributed by atoms with van der Waals surface area (Å²) in [4.78, 5) is 27.7. The highest BCUT2D eigenvalue weighted by Crippen LogP contribution is 2.19. The van der Waals surface area contributed by atoms with Gasteiger partial charge in [-0.15, -0.1) is 0 Å². The zero-order valence-corrected chi connectivity index (χ0v) is 17.2. The molecule has 2 heterocycles. The summed E-state index contributed by atoms with van der Waals surface area (Å²) in [6.45, 7) is 8.49. The molecule has 8 nitrogen and oxygen atoms in total. The van der Waals surface area contributed by atoms with Gasteiger partial charge in [-0.3, -0.25) is 4.79 Å². The van der Waals surface area contributed by atoms with Gasteiger partial charge in [-0.25, -0.2) is 9.48 Å². The van der Waals surface area contributed by atoms with Crippen molar-refractivity contribution >= 4 is 12.0 Å². The average Bonchev–Trinajstić information content (AvgIpc) is 3.21. The Morgan fingerprint density at radius 2 is 1.69 bits per heavy atom. The van der Waals surface area contributed by atoms with E-state index in [-0.39, 0.29) is 18.7 Å². The number of piperazine rings is 1. The molecular formula is C21H28N4O4. The second kappa shape index (κ2) is 9.45. The maximum atomic E-state index is 12.7. The third kappa shape index (κ3) is 5.28. The van der Waals surface area contributed by atoms with Crippen molar-refractivity contribution in [2.45, 2.75) is 33.4 Å². The Kier molecular flexibility index (Phi) is 6.74. The molecule has 2 aromatic rings. The standard InChI is InChI=1S/C21H28N4O4/c1-4-28-21(27)24-13-11-23(12-14-24)20(26)19-9-10-25(22-19)15-29-18-7-5-17(6-8-18)16(2)3/h5-10,16H,4,11-15H2,1-3H3. The van der Waals surface area contributed by atoms with Gasteiger partial charge in [-0.2, -0.15) is 5.10 Å². The zero-order chi connectivity index (χ0) is 20.8. The zero-order valence-electron chi connectivity index (χ0n) is 17.2. The molecule has 0 spiro atoms. The van der Waals surface area contributed by atoms with Crippen LogP contribution < -0.4 is 4.74 Å². The number of benzene rings is 1. The fraction of sp³-hybridized carbons (Fsp3) is 0.476. The number of carbonyl (C=O) groups excluding carboxylic acids is 2. The van der Waals surface area contributed by atoms with E-state index in [9.17, 15) is 9.59 Å². The first-order chi connectivity index (χ1) is 14.0. The Morgan fingerprint density at radius 3 is 2.31 bits per heavy atom. The Balaban J connectivity index is 1.50. The average molecular weight is 400 g/mol. The molecule has 3 rings (SSSR count). The SMILES string of the molecule is CCOC(=O)N1CCN(C(=O)c2ccn(COc3ccc(C(C)C)cc3)n2)CC1. The van der Waals surface area contributed by atoms with Gasteiger partial charge in [0.1, 0.15) is 5.75 Å². The number of hydrogen-bond acceptors (Lipinski definition) is 5. The lowest BCUT2D eigenvalue weighted by atomic mass is 10.0.